The molecule has 0 bridgehead atoms. The third kappa shape index (κ3) is 4.20. The van der Waals surface area contributed by atoms with Gasteiger partial charge in [0.05, 0.1) is 6.61 Å². The van der Waals surface area contributed by atoms with Gasteiger partial charge in [-0.2, -0.15) is 13.2 Å². The predicted octanol–water partition coefficient (Wildman–Crippen LogP) is 3.02. The molecule has 1 spiro atoms. The molecular formula is C20H30F3N3O3. The first kappa shape index (κ1) is 20.8. The fourth-order valence-corrected chi connectivity index (χ4v) is 5.50. The summed E-state index contributed by atoms with van der Waals surface area (Å²) >= 11 is 0. The monoisotopic (exact) mass is 417 g/mol. The first-order chi connectivity index (χ1) is 13.7. The van der Waals surface area contributed by atoms with Crippen molar-refractivity contribution in [1.82, 2.24) is 14.7 Å². The van der Waals surface area contributed by atoms with Gasteiger partial charge < -0.3 is 19.4 Å². The quantitative estimate of drug-likeness (QED) is 0.706. The van der Waals surface area contributed by atoms with Gasteiger partial charge in [0.15, 0.2) is 0 Å². The van der Waals surface area contributed by atoms with Crippen LogP contribution in [0.2, 0.25) is 0 Å². The maximum Gasteiger partial charge on any atom is 0.471 e. The van der Waals surface area contributed by atoms with E-state index in [1.54, 1.807) is 11.8 Å². The molecule has 4 aliphatic rings. The number of hydrogen-bond donors (Lipinski definition) is 0. The standard InChI is InChI=1S/C20H30F3N3O3/c1-2-29-18(28)25-10-7-19(13-25)11-16(12-19)24-8-5-15(6-9-24)26(14-3-4-14)17(27)20(21,22)23/h14-16H,2-13H2,1H3. The Balaban J connectivity index is 1.26. The van der Waals surface area contributed by atoms with E-state index >= 15 is 0 Å². The summed E-state index contributed by atoms with van der Waals surface area (Å²) in [4.78, 5) is 29.1. The first-order valence-electron chi connectivity index (χ1n) is 10.8. The summed E-state index contributed by atoms with van der Waals surface area (Å²) in [5, 5.41) is 0. The van der Waals surface area contributed by atoms with E-state index in [4.69, 9.17) is 4.74 Å². The zero-order valence-electron chi connectivity index (χ0n) is 16.9. The van der Waals surface area contributed by atoms with E-state index < -0.39 is 12.1 Å². The van der Waals surface area contributed by atoms with Gasteiger partial charge in [-0.15, -0.1) is 0 Å². The molecule has 0 aromatic heterocycles. The average Bonchev–Trinajstić information content (AvgIpc) is 3.37. The Morgan fingerprint density at radius 3 is 2.24 bits per heavy atom. The van der Waals surface area contributed by atoms with Crippen molar-refractivity contribution in [2.75, 3.05) is 32.8 Å². The molecule has 29 heavy (non-hydrogen) atoms. The molecule has 4 fully saturated rings. The smallest absolute Gasteiger partial charge is 0.450 e. The van der Waals surface area contributed by atoms with Crippen LogP contribution in [0.3, 0.4) is 0 Å². The molecule has 2 heterocycles. The van der Waals surface area contributed by atoms with Crippen LogP contribution in [0.25, 0.3) is 0 Å². The second-order valence-corrected chi connectivity index (χ2v) is 9.14. The molecular weight excluding hydrogens is 387 g/mol. The molecule has 2 aliphatic heterocycles. The van der Waals surface area contributed by atoms with E-state index in [9.17, 15) is 22.8 Å². The number of ether oxygens (including phenoxy) is 1. The molecule has 2 saturated heterocycles. The summed E-state index contributed by atoms with van der Waals surface area (Å²) in [6, 6.07) is -0.0847. The van der Waals surface area contributed by atoms with Gasteiger partial charge in [0.2, 0.25) is 0 Å². The van der Waals surface area contributed by atoms with E-state index in [0.717, 1.165) is 50.3 Å². The van der Waals surface area contributed by atoms with Gasteiger partial charge in [0, 0.05) is 44.3 Å². The minimum Gasteiger partial charge on any atom is -0.450 e. The Labute approximate surface area is 169 Å². The number of carbonyl (C=O) groups is 2. The number of likely N-dealkylation sites (tertiary alicyclic amines) is 2. The van der Waals surface area contributed by atoms with Gasteiger partial charge in [0.25, 0.3) is 0 Å². The summed E-state index contributed by atoms with van der Waals surface area (Å²) in [5.74, 6) is -1.66. The molecule has 0 aromatic carbocycles. The lowest BCUT2D eigenvalue weighted by molar-refractivity contribution is -0.189. The molecule has 6 nitrogen and oxygen atoms in total. The number of nitrogens with zero attached hydrogens (tertiary/aromatic N) is 3. The maximum atomic E-state index is 13.0. The highest BCUT2D eigenvalue weighted by Crippen LogP contribution is 2.50. The van der Waals surface area contributed by atoms with Crippen molar-refractivity contribution in [3.8, 4) is 0 Å². The number of amides is 2. The van der Waals surface area contributed by atoms with Crippen LogP contribution < -0.4 is 0 Å². The molecule has 0 N–H and O–H groups in total. The number of hydrogen-bond acceptors (Lipinski definition) is 4. The summed E-state index contributed by atoms with van der Waals surface area (Å²) in [6.45, 7) is 5.15. The van der Waals surface area contributed by atoms with Crippen molar-refractivity contribution in [1.29, 1.82) is 0 Å². The maximum absolute atomic E-state index is 13.0. The van der Waals surface area contributed by atoms with Crippen LogP contribution in [0, 0.1) is 5.41 Å². The van der Waals surface area contributed by atoms with Crippen molar-refractivity contribution in [3.05, 3.63) is 0 Å². The second kappa shape index (κ2) is 7.63. The molecule has 9 heteroatoms. The Hall–Kier alpha value is -1.51. The topological polar surface area (TPSA) is 53.1 Å². The minimum atomic E-state index is -4.78. The average molecular weight is 417 g/mol. The fourth-order valence-electron chi connectivity index (χ4n) is 5.50. The van der Waals surface area contributed by atoms with Crippen molar-refractivity contribution in [3.63, 3.8) is 0 Å². The van der Waals surface area contributed by atoms with Crippen LogP contribution in [0.1, 0.15) is 51.9 Å². The van der Waals surface area contributed by atoms with Gasteiger partial charge in [-0.1, -0.05) is 0 Å². The Morgan fingerprint density at radius 1 is 1.07 bits per heavy atom. The zero-order chi connectivity index (χ0) is 20.8. The van der Waals surface area contributed by atoms with E-state index in [1.807, 2.05) is 0 Å². The largest absolute Gasteiger partial charge is 0.471 e. The number of piperidine rings is 1. The van der Waals surface area contributed by atoms with Crippen LogP contribution >= 0.6 is 0 Å². The van der Waals surface area contributed by atoms with E-state index in [0.29, 0.717) is 38.3 Å². The third-order valence-corrected chi connectivity index (χ3v) is 7.13. The Kier molecular flexibility index (Phi) is 5.46. The van der Waals surface area contributed by atoms with Crippen molar-refractivity contribution >= 4 is 12.0 Å². The summed E-state index contributed by atoms with van der Waals surface area (Å²) < 4.78 is 44.0. The van der Waals surface area contributed by atoms with Gasteiger partial charge in [0.1, 0.15) is 0 Å². The lowest BCUT2D eigenvalue weighted by Crippen LogP contribution is -2.57. The molecule has 2 saturated carbocycles. The number of carbonyl (C=O) groups excluding carboxylic acids is 2. The molecule has 2 aliphatic carbocycles. The SMILES string of the molecule is CCOC(=O)N1CCC2(CC(N3CCC(N(C(=O)C(F)(F)F)C4CC4)CC3)C2)C1. The highest BCUT2D eigenvalue weighted by atomic mass is 19.4. The van der Waals surface area contributed by atoms with Crippen LogP contribution in [0.15, 0.2) is 0 Å². The van der Waals surface area contributed by atoms with Gasteiger partial charge >= 0.3 is 18.2 Å². The number of alkyl halides is 3. The summed E-state index contributed by atoms with van der Waals surface area (Å²) in [6.07, 6.45) is 0.620. The van der Waals surface area contributed by atoms with Crippen LogP contribution in [-0.2, 0) is 9.53 Å². The molecule has 0 atom stereocenters. The molecule has 0 unspecified atom stereocenters. The van der Waals surface area contributed by atoms with Crippen LogP contribution in [0.5, 0.6) is 0 Å². The van der Waals surface area contributed by atoms with Gasteiger partial charge in [-0.05, 0) is 57.3 Å². The molecule has 164 valence electrons. The lowest BCUT2D eigenvalue weighted by atomic mass is 9.64. The van der Waals surface area contributed by atoms with Gasteiger partial charge in [-0.3, -0.25) is 4.79 Å². The number of rotatable bonds is 4. The van der Waals surface area contributed by atoms with E-state index in [2.05, 4.69) is 4.90 Å². The molecule has 0 radical (unpaired) electrons. The fraction of sp³-hybridized carbons (Fsp3) is 0.900. The lowest BCUT2D eigenvalue weighted by Gasteiger charge is -2.52. The number of halogens is 3. The summed E-state index contributed by atoms with van der Waals surface area (Å²) in [5.41, 5.74) is 0.181. The predicted molar refractivity (Wildman–Crippen MR) is 99.2 cm³/mol. The highest BCUT2D eigenvalue weighted by molar-refractivity contribution is 5.82. The normalized spacial score (nSPS) is 31.0. The second-order valence-electron chi connectivity index (χ2n) is 9.14. The molecule has 0 aromatic rings. The summed E-state index contributed by atoms with van der Waals surface area (Å²) in [7, 11) is 0. The first-order valence-corrected chi connectivity index (χ1v) is 10.8. The molecule has 4 rings (SSSR count). The van der Waals surface area contributed by atoms with Crippen molar-refractivity contribution < 1.29 is 27.5 Å². The molecule has 2 amide bonds. The van der Waals surface area contributed by atoms with Crippen LogP contribution in [-0.4, -0.2) is 83.8 Å². The zero-order valence-corrected chi connectivity index (χ0v) is 16.9. The Morgan fingerprint density at radius 2 is 1.69 bits per heavy atom. The third-order valence-electron chi connectivity index (χ3n) is 7.13. The van der Waals surface area contributed by atoms with Crippen molar-refractivity contribution in [2.45, 2.75) is 76.2 Å². The minimum absolute atomic E-state index is 0.181. The Bertz CT molecular complexity index is 639. The van der Waals surface area contributed by atoms with E-state index in [-0.39, 0.29) is 23.6 Å². The highest BCUT2D eigenvalue weighted by Gasteiger charge is 2.53. The van der Waals surface area contributed by atoms with Crippen LogP contribution in [0.4, 0.5) is 18.0 Å². The van der Waals surface area contributed by atoms with E-state index in [1.165, 1.54) is 0 Å². The van der Waals surface area contributed by atoms with Crippen molar-refractivity contribution in [2.24, 2.45) is 5.41 Å². The van der Waals surface area contributed by atoms with Gasteiger partial charge in [-0.25, -0.2) is 4.79 Å².